The van der Waals surface area contributed by atoms with Crippen molar-refractivity contribution in [3.63, 3.8) is 0 Å². The molecule has 3 N–H and O–H groups in total. The van der Waals surface area contributed by atoms with E-state index in [1.807, 2.05) is 0 Å². The van der Waals surface area contributed by atoms with Crippen molar-refractivity contribution < 1.29 is 22.3 Å². The number of imidazole rings is 1. The van der Waals surface area contributed by atoms with Crippen LogP contribution < -0.4 is 19.9 Å². The Morgan fingerprint density at radius 2 is 2.00 bits per heavy atom. The molecule has 1 aliphatic carbocycles. The average Bonchev–Trinajstić information content (AvgIpc) is 3.46. The van der Waals surface area contributed by atoms with E-state index >= 15 is 0 Å². The molecule has 3 heterocycles. The van der Waals surface area contributed by atoms with Crippen LogP contribution in [0.3, 0.4) is 0 Å². The molecule has 0 saturated heterocycles. The normalized spacial score (nSPS) is 15.2. The Bertz CT molecular complexity index is 1390. The summed E-state index contributed by atoms with van der Waals surface area (Å²) in [5, 5.41) is -0.294. The first-order chi connectivity index (χ1) is 15.9. The van der Waals surface area contributed by atoms with Crippen LogP contribution in [0.1, 0.15) is 36.2 Å². The predicted octanol–water partition coefficient (Wildman–Crippen LogP) is 1.32. The fraction of sp³-hybridized carbons (Fsp3) is 0.381. The zero-order chi connectivity index (χ0) is 23.2. The first-order valence-corrected chi connectivity index (χ1v) is 12.0. The van der Waals surface area contributed by atoms with Crippen LogP contribution in [0.25, 0.3) is 11.2 Å². The molecular weight excluding hydrogens is 451 g/mol. The van der Waals surface area contributed by atoms with Crippen LogP contribution in [0.15, 0.2) is 12.1 Å². The summed E-state index contributed by atoms with van der Waals surface area (Å²) in [4.78, 5) is 12.0. The van der Waals surface area contributed by atoms with Crippen LogP contribution in [0.4, 0.5) is 10.2 Å². The number of nitrogens with zero attached hydrogens (tertiary/aromatic N) is 4. The maximum atomic E-state index is 13.9. The number of rotatable bonds is 8. The highest BCUT2D eigenvalue weighted by Gasteiger charge is 2.35. The largest absolute Gasteiger partial charge is 0.454 e. The second-order valence-corrected chi connectivity index (χ2v) is 9.95. The smallest absolute Gasteiger partial charge is 0.312 e. The van der Waals surface area contributed by atoms with Gasteiger partial charge in [0.25, 0.3) is 0 Å². The molecule has 1 aromatic carbocycles. The van der Waals surface area contributed by atoms with Gasteiger partial charge in [0.2, 0.25) is 16.8 Å². The molecule has 0 atom stereocenters. The third-order valence-corrected chi connectivity index (χ3v) is 7.56. The second kappa shape index (κ2) is 8.17. The van der Waals surface area contributed by atoms with Gasteiger partial charge < -0.3 is 19.8 Å². The summed E-state index contributed by atoms with van der Waals surface area (Å²) < 4.78 is 53.3. The lowest BCUT2D eigenvalue weighted by atomic mass is 10.0. The van der Waals surface area contributed by atoms with Crippen molar-refractivity contribution in [2.24, 2.45) is 0 Å². The summed E-state index contributed by atoms with van der Waals surface area (Å²) in [6.45, 7) is 0.689. The summed E-state index contributed by atoms with van der Waals surface area (Å²) >= 11 is 0. The van der Waals surface area contributed by atoms with Gasteiger partial charge in [0.1, 0.15) is 5.82 Å². The monoisotopic (exact) mass is 472 g/mol. The van der Waals surface area contributed by atoms with E-state index in [2.05, 4.69) is 25.6 Å². The van der Waals surface area contributed by atoms with Gasteiger partial charge in [-0.05, 0) is 30.9 Å². The standard InChI is InChI=1S/C21H21FN6O4S/c1-2-12-8-15-16(32-11-31-15)9-13(12)10-17-25-18-19(23)26-21(22)27-20(18)28(17)7-3-6-24-33(29,30)14-4-5-14/h1,8-9,14,24H,3-7,10-11H2,(H2,23,26,27). The lowest BCUT2D eigenvalue weighted by molar-refractivity contribution is 0.174. The lowest BCUT2D eigenvalue weighted by Gasteiger charge is -2.11. The minimum atomic E-state index is -3.29. The van der Waals surface area contributed by atoms with Gasteiger partial charge in [-0.3, -0.25) is 0 Å². The minimum Gasteiger partial charge on any atom is -0.454 e. The number of fused-ring (bicyclic) bond motifs is 2. The summed E-state index contributed by atoms with van der Waals surface area (Å²) in [6, 6.07) is 3.52. The van der Waals surface area contributed by atoms with Crippen molar-refractivity contribution >= 4 is 27.0 Å². The first kappa shape index (κ1) is 21.4. The fourth-order valence-corrected chi connectivity index (χ4v) is 5.21. The quantitative estimate of drug-likeness (QED) is 0.285. The summed E-state index contributed by atoms with van der Waals surface area (Å²) in [7, 11) is -3.29. The Morgan fingerprint density at radius 3 is 2.73 bits per heavy atom. The molecule has 2 aromatic heterocycles. The number of nitrogens with two attached hydrogens (primary N) is 1. The Labute approximate surface area is 189 Å². The van der Waals surface area contributed by atoms with E-state index in [9.17, 15) is 12.8 Å². The molecule has 1 aliphatic heterocycles. The van der Waals surface area contributed by atoms with Crippen LogP contribution in [0.2, 0.25) is 0 Å². The molecule has 0 bridgehead atoms. The van der Waals surface area contributed by atoms with Crippen LogP contribution in [0, 0.1) is 18.4 Å². The molecule has 12 heteroatoms. The number of aryl methyl sites for hydroxylation is 1. The average molecular weight is 473 g/mol. The van der Waals surface area contributed by atoms with Crippen molar-refractivity contribution in [1.29, 1.82) is 0 Å². The van der Waals surface area contributed by atoms with E-state index in [4.69, 9.17) is 21.6 Å². The minimum absolute atomic E-state index is 0.0743. The third kappa shape index (κ3) is 4.17. The van der Waals surface area contributed by atoms with Crippen molar-refractivity contribution in [1.82, 2.24) is 24.2 Å². The van der Waals surface area contributed by atoms with Gasteiger partial charge in [0.05, 0.1) is 5.25 Å². The molecule has 3 aromatic rings. The molecule has 0 unspecified atom stereocenters. The van der Waals surface area contributed by atoms with Crippen molar-refractivity contribution in [2.75, 3.05) is 19.1 Å². The van der Waals surface area contributed by atoms with Gasteiger partial charge in [-0.15, -0.1) is 6.42 Å². The number of ether oxygens (including phenoxy) is 2. The molecule has 0 amide bonds. The number of hydrogen-bond donors (Lipinski definition) is 2. The van der Waals surface area contributed by atoms with Gasteiger partial charge in [0.15, 0.2) is 28.5 Å². The van der Waals surface area contributed by atoms with E-state index in [1.54, 1.807) is 16.7 Å². The summed E-state index contributed by atoms with van der Waals surface area (Å²) in [5.74, 6) is 4.25. The van der Waals surface area contributed by atoms with Crippen LogP contribution >= 0.6 is 0 Å². The molecule has 5 rings (SSSR count). The van der Waals surface area contributed by atoms with Crippen LogP contribution in [-0.2, 0) is 23.0 Å². The lowest BCUT2D eigenvalue weighted by Crippen LogP contribution is -2.28. The molecule has 33 heavy (non-hydrogen) atoms. The highest BCUT2D eigenvalue weighted by Crippen LogP contribution is 2.35. The van der Waals surface area contributed by atoms with Crippen molar-refractivity contribution in [3.05, 3.63) is 35.2 Å². The highest BCUT2D eigenvalue weighted by molar-refractivity contribution is 7.90. The predicted molar refractivity (Wildman–Crippen MR) is 118 cm³/mol. The topological polar surface area (TPSA) is 134 Å². The Morgan fingerprint density at radius 1 is 1.24 bits per heavy atom. The number of anilines is 1. The van der Waals surface area contributed by atoms with Gasteiger partial charge >= 0.3 is 6.08 Å². The number of nitrogens with one attached hydrogen (secondary N) is 1. The van der Waals surface area contributed by atoms with E-state index in [0.29, 0.717) is 55.1 Å². The number of nitrogen functional groups attached to an aromatic ring is 1. The third-order valence-electron chi connectivity index (χ3n) is 5.60. The zero-order valence-corrected chi connectivity index (χ0v) is 18.4. The number of halogens is 1. The summed E-state index contributed by atoms with van der Waals surface area (Å²) in [6.07, 6.45) is 6.84. The molecule has 1 fully saturated rings. The Kier molecular flexibility index (Phi) is 5.30. The zero-order valence-electron chi connectivity index (χ0n) is 17.5. The molecule has 10 nitrogen and oxygen atoms in total. The van der Waals surface area contributed by atoms with Crippen LogP contribution in [0.5, 0.6) is 11.5 Å². The van der Waals surface area contributed by atoms with E-state index in [1.165, 1.54) is 0 Å². The van der Waals surface area contributed by atoms with Gasteiger partial charge in [-0.1, -0.05) is 5.92 Å². The van der Waals surface area contributed by atoms with Crippen LogP contribution in [-0.4, -0.2) is 46.5 Å². The number of hydrogen-bond acceptors (Lipinski definition) is 8. The number of sulfonamides is 1. The molecule has 1 saturated carbocycles. The molecule has 2 aliphatic rings. The van der Waals surface area contributed by atoms with E-state index in [0.717, 1.165) is 5.56 Å². The summed E-state index contributed by atoms with van der Waals surface area (Å²) in [5.41, 5.74) is 7.77. The molecular formula is C21H21FN6O4S. The fourth-order valence-electron chi connectivity index (χ4n) is 3.79. The number of terminal acetylenes is 1. The highest BCUT2D eigenvalue weighted by atomic mass is 32.2. The van der Waals surface area contributed by atoms with Gasteiger partial charge in [0, 0.05) is 31.1 Å². The maximum Gasteiger partial charge on any atom is 0.312 e. The first-order valence-electron chi connectivity index (χ1n) is 10.4. The Balaban J connectivity index is 1.45. The molecule has 0 spiro atoms. The second-order valence-electron chi connectivity index (χ2n) is 7.91. The molecule has 172 valence electrons. The van der Waals surface area contributed by atoms with E-state index in [-0.39, 0.29) is 35.6 Å². The number of benzene rings is 1. The molecule has 0 radical (unpaired) electrons. The SMILES string of the molecule is C#Cc1cc2c(cc1Cc1nc3c(N)nc(F)nc3n1CCCNS(=O)(=O)C1CC1)OCO2. The van der Waals surface area contributed by atoms with Gasteiger partial charge in [-0.25, -0.2) is 18.1 Å². The Hall–Kier alpha value is -3.43. The maximum absolute atomic E-state index is 13.9. The number of aromatic nitrogens is 4. The van der Waals surface area contributed by atoms with Crippen molar-refractivity contribution in [3.8, 4) is 23.8 Å². The van der Waals surface area contributed by atoms with E-state index < -0.39 is 16.1 Å². The van der Waals surface area contributed by atoms with Gasteiger partial charge in [-0.2, -0.15) is 14.4 Å². The van der Waals surface area contributed by atoms with Crippen molar-refractivity contribution in [2.45, 2.75) is 37.5 Å².